The highest BCUT2D eigenvalue weighted by Crippen LogP contribution is 2.46. The summed E-state index contributed by atoms with van der Waals surface area (Å²) in [7, 11) is 3.36. The number of hydrogen-bond donors (Lipinski definition) is 3. The van der Waals surface area contributed by atoms with Gasteiger partial charge in [0, 0.05) is 40.4 Å². The number of thioether (sulfide) groups is 1. The Labute approximate surface area is 193 Å². The molecule has 3 heterocycles. The molecule has 0 fully saturated rings. The molecule has 0 atom stereocenters. The van der Waals surface area contributed by atoms with Crippen molar-refractivity contribution in [1.82, 2.24) is 25.0 Å². The van der Waals surface area contributed by atoms with Gasteiger partial charge < -0.3 is 15.8 Å². The van der Waals surface area contributed by atoms with Crippen molar-refractivity contribution in [1.29, 1.82) is 0 Å². The zero-order chi connectivity index (χ0) is 22.8. The summed E-state index contributed by atoms with van der Waals surface area (Å²) in [6, 6.07) is 6.93. The summed E-state index contributed by atoms with van der Waals surface area (Å²) in [6.45, 7) is 1.90. The molecule has 0 aliphatic heterocycles. The number of H-pyrrole nitrogens is 1. The maximum Gasteiger partial charge on any atom is 0.176 e. The molecule has 0 aliphatic rings. The van der Waals surface area contributed by atoms with Crippen molar-refractivity contribution in [3.05, 3.63) is 48.2 Å². The third-order valence-corrected chi connectivity index (χ3v) is 6.43. The molecule has 4 rings (SSSR count). The summed E-state index contributed by atoms with van der Waals surface area (Å²) in [4.78, 5) is 5.93. The van der Waals surface area contributed by atoms with Gasteiger partial charge in [0.2, 0.25) is 0 Å². The minimum Gasteiger partial charge on any atom is -0.492 e. The SMILES string of the molecule is COc1c(Nc2cc(C)[nH]n2)nc(Sc2ccc(SC)cc2F)c(N)c1-c1cnn(C)c1. The van der Waals surface area contributed by atoms with Gasteiger partial charge in [0.25, 0.3) is 0 Å². The first kappa shape index (κ1) is 22.0. The van der Waals surface area contributed by atoms with Crippen LogP contribution in [-0.2, 0) is 7.05 Å². The lowest BCUT2D eigenvalue weighted by Gasteiger charge is -2.18. The smallest absolute Gasteiger partial charge is 0.176 e. The van der Waals surface area contributed by atoms with Gasteiger partial charge in [-0.2, -0.15) is 10.2 Å². The largest absolute Gasteiger partial charge is 0.492 e. The number of aryl methyl sites for hydroxylation is 2. The van der Waals surface area contributed by atoms with E-state index in [1.54, 1.807) is 24.1 Å². The first-order chi connectivity index (χ1) is 15.4. The number of aromatic nitrogens is 5. The van der Waals surface area contributed by atoms with E-state index in [-0.39, 0.29) is 5.82 Å². The number of hydrogen-bond acceptors (Lipinski definition) is 8. The van der Waals surface area contributed by atoms with Gasteiger partial charge in [-0.15, -0.1) is 11.8 Å². The number of aromatic amines is 1. The Kier molecular flexibility index (Phi) is 6.28. The number of anilines is 3. The zero-order valence-corrected chi connectivity index (χ0v) is 19.6. The van der Waals surface area contributed by atoms with Crippen LogP contribution in [-0.4, -0.2) is 38.3 Å². The first-order valence-electron chi connectivity index (χ1n) is 9.56. The number of ether oxygens (including phenoxy) is 1. The molecule has 4 N–H and O–H groups in total. The van der Waals surface area contributed by atoms with Gasteiger partial charge in [0.15, 0.2) is 17.4 Å². The van der Waals surface area contributed by atoms with Gasteiger partial charge >= 0.3 is 0 Å². The third kappa shape index (κ3) is 4.39. The van der Waals surface area contributed by atoms with Crippen LogP contribution in [0, 0.1) is 12.7 Å². The van der Waals surface area contributed by atoms with Crippen molar-refractivity contribution in [2.75, 3.05) is 24.4 Å². The first-order valence-corrected chi connectivity index (χ1v) is 11.6. The van der Waals surface area contributed by atoms with Crippen LogP contribution < -0.4 is 15.8 Å². The van der Waals surface area contributed by atoms with E-state index in [2.05, 4.69) is 25.6 Å². The van der Waals surface area contributed by atoms with Crippen LogP contribution in [0.3, 0.4) is 0 Å². The van der Waals surface area contributed by atoms with Gasteiger partial charge in [0.1, 0.15) is 10.8 Å². The van der Waals surface area contributed by atoms with Crippen LogP contribution >= 0.6 is 23.5 Å². The number of halogens is 1. The number of pyridine rings is 1. The van der Waals surface area contributed by atoms with Crippen molar-refractivity contribution < 1.29 is 9.13 Å². The topological polar surface area (TPSA) is 107 Å². The van der Waals surface area contributed by atoms with Crippen molar-refractivity contribution in [3.8, 4) is 16.9 Å². The molecule has 32 heavy (non-hydrogen) atoms. The quantitative estimate of drug-likeness (QED) is 0.328. The van der Waals surface area contributed by atoms with Crippen molar-refractivity contribution in [2.24, 2.45) is 7.05 Å². The second-order valence-electron chi connectivity index (χ2n) is 6.95. The number of rotatable bonds is 7. The minimum absolute atomic E-state index is 0.334. The molecule has 0 amide bonds. The molecule has 0 radical (unpaired) electrons. The van der Waals surface area contributed by atoms with Gasteiger partial charge in [0.05, 0.1) is 24.6 Å². The van der Waals surface area contributed by atoms with E-state index in [0.29, 0.717) is 38.6 Å². The average Bonchev–Trinajstić information content (AvgIpc) is 3.38. The van der Waals surface area contributed by atoms with E-state index >= 15 is 0 Å². The lowest BCUT2D eigenvalue weighted by Crippen LogP contribution is -2.05. The molecule has 3 aromatic heterocycles. The molecule has 8 nitrogen and oxygen atoms in total. The molecule has 4 aromatic rings. The Morgan fingerprint density at radius 2 is 2.09 bits per heavy atom. The van der Waals surface area contributed by atoms with Gasteiger partial charge in [-0.25, -0.2) is 9.37 Å². The highest BCUT2D eigenvalue weighted by atomic mass is 32.2. The highest BCUT2D eigenvalue weighted by molar-refractivity contribution is 7.99. The standard InChI is InChI=1S/C21H22FN7OS2/c1-11-7-16(28-27-11)25-20-19(30-3)17(12-9-24-29(2)10-12)18(23)21(26-20)32-15-6-5-13(31-4)8-14(15)22/h5-10H,23H2,1-4H3,(H2,25,26,27,28). The second-order valence-corrected chi connectivity index (χ2v) is 8.86. The normalized spacial score (nSPS) is 11.0. The molecule has 0 saturated heterocycles. The Morgan fingerprint density at radius 3 is 2.69 bits per heavy atom. The fourth-order valence-electron chi connectivity index (χ4n) is 3.16. The summed E-state index contributed by atoms with van der Waals surface area (Å²) in [5.41, 5.74) is 9.18. The van der Waals surface area contributed by atoms with E-state index < -0.39 is 0 Å². The van der Waals surface area contributed by atoms with E-state index in [4.69, 9.17) is 10.5 Å². The van der Waals surface area contributed by atoms with Crippen molar-refractivity contribution in [3.63, 3.8) is 0 Å². The van der Waals surface area contributed by atoms with E-state index in [1.165, 1.54) is 17.8 Å². The fraction of sp³-hybridized carbons (Fsp3) is 0.190. The monoisotopic (exact) mass is 471 g/mol. The summed E-state index contributed by atoms with van der Waals surface area (Å²) >= 11 is 2.63. The maximum absolute atomic E-state index is 14.7. The van der Waals surface area contributed by atoms with Gasteiger partial charge in [-0.05, 0) is 31.4 Å². The summed E-state index contributed by atoms with van der Waals surface area (Å²) in [6.07, 6.45) is 5.43. The van der Waals surface area contributed by atoms with Gasteiger partial charge in [-0.1, -0.05) is 11.8 Å². The average molecular weight is 472 g/mol. The number of nitrogens with one attached hydrogen (secondary N) is 2. The molecule has 0 aliphatic carbocycles. The summed E-state index contributed by atoms with van der Waals surface area (Å²) in [5, 5.41) is 15.0. The number of benzene rings is 1. The lowest BCUT2D eigenvalue weighted by molar-refractivity contribution is 0.416. The van der Waals surface area contributed by atoms with E-state index in [9.17, 15) is 4.39 Å². The van der Waals surface area contributed by atoms with Crippen LogP contribution in [0.1, 0.15) is 5.69 Å². The minimum atomic E-state index is -0.334. The van der Waals surface area contributed by atoms with Crippen LogP contribution in [0.15, 0.2) is 51.5 Å². The molecule has 0 unspecified atom stereocenters. The zero-order valence-electron chi connectivity index (χ0n) is 17.9. The van der Waals surface area contributed by atoms with E-state index in [1.807, 2.05) is 38.6 Å². The predicted molar refractivity (Wildman–Crippen MR) is 126 cm³/mol. The van der Waals surface area contributed by atoms with Crippen molar-refractivity contribution >= 4 is 40.8 Å². The fourth-order valence-corrected chi connectivity index (χ4v) is 4.43. The molecule has 166 valence electrons. The number of nitrogens with zero attached hydrogens (tertiary/aromatic N) is 4. The Hall–Kier alpha value is -3.18. The van der Waals surface area contributed by atoms with Crippen LogP contribution in [0.4, 0.5) is 21.7 Å². The molecule has 0 bridgehead atoms. The molecule has 11 heteroatoms. The number of methoxy groups -OCH3 is 1. The Balaban J connectivity index is 1.86. The second kappa shape index (κ2) is 9.13. The Bertz CT molecular complexity index is 1270. The molecule has 0 spiro atoms. The maximum atomic E-state index is 14.7. The summed E-state index contributed by atoms with van der Waals surface area (Å²) in [5.74, 6) is 1.09. The van der Waals surface area contributed by atoms with E-state index in [0.717, 1.165) is 27.9 Å². The third-order valence-electron chi connectivity index (χ3n) is 4.65. The molecule has 1 aromatic carbocycles. The molecular weight excluding hydrogens is 449 g/mol. The van der Waals surface area contributed by atoms with Crippen molar-refractivity contribution in [2.45, 2.75) is 21.7 Å². The Morgan fingerprint density at radius 1 is 1.28 bits per heavy atom. The van der Waals surface area contributed by atoms with Crippen LogP contribution in [0.2, 0.25) is 0 Å². The molecule has 0 saturated carbocycles. The van der Waals surface area contributed by atoms with Gasteiger partial charge in [-0.3, -0.25) is 9.78 Å². The lowest BCUT2D eigenvalue weighted by atomic mass is 10.1. The molecular formula is C21H22FN7OS2. The van der Waals surface area contributed by atoms with Crippen LogP contribution in [0.5, 0.6) is 5.75 Å². The number of nitrogen functional groups attached to an aromatic ring is 1. The number of nitrogens with two attached hydrogens (primary N) is 1. The van der Waals surface area contributed by atoms with Crippen LogP contribution in [0.25, 0.3) is 11.1 Å². The predicted octanol–water partition coefficient (Wildman–Crippen LogP) is 4.86. The summed E-state index contributed by atoms with van der Waals surface area (Å²) < 4.78 is 22.1. The highest BCUT2D eigenvalue weighted by Gasteiger charge is 2.23.